The first kappa shape index (κ1) is 15.5. The van der Waals surface area contributed by atoms with E-state index in [0.717, 1.165) is 36.7 Å². The van der Waals surface area contributed by atoms with Gasteiger partial charge in [0.15, 0.2) is 0 Å². The van der Waals surface area contributed by atoms with Gasteiger partial charge in [-0.3, -0.25) is 9.69 Å². The molecule has 24 heavy (non-hydrogen) atoms. The lowest BCUT2D eigenvalue weighted by Gasteiger charge is -2.29. The number of benzene rings is 1. The second kappa shape index (κ2) is 6.45. The molecule has 6 nitrogen and oxygen atoms in total. The number of hydrogen-bond donors (Lipinski definition) is 1. The minimum absolute atomic E-state index is 0.0717. The Balaban J connectivity index is 1.51. The molecule has 0 spiro atoms. The van der Waals surface area contributed by atoms with Crippen LogP contribution in [0.25, 0.3) is 6.08 Å². The molecule has 0 unspecified atom stereocenters. The van der Waals surface area contributed by atoms with E-state index in [0.29, 0.717) is 19.8 Å². The summed E-state index contributed by atoms with van der Waals surface area (Å²) in [5.41, 5.74) is 2.26. The average Bonchev–Trinajstić information content (AvgIpc) is 2.83. The van der Waals surface area contributed by atoms with Crippen LogP contribution in [0.5, 0.6) is 11.5 Å². The SMILES string of the molecule is COc1ccc2c(c1)C=C(CN1C[C@H]3COC[C@@H](C1)C(=O)N3)CO2. The van der Waals surface area contributed by atoms with Crippen molar-refractivity contribution >= 4 is 12.0 Å². The van der Waals surface area contributed by atoms with E-state index in [4.69, 9.17) is 14.2 Å². The van der Waals surface area contributed by atoms with E-state index in [1.807, 2.05) is 18.2 Å². The summed E-state index contributed by atoms with van der Waals surface area (Å²) in [5, 5.41) is 3.07. The van der Waals surface area contributed by atoms with Gasteiger partial charge in [0.25, 0.3) is 0 Å². The largest absolute Gasteiger partial charge is 0.497 e. The van der Waals surface area contributed by atoms with Crippen molar-refractivity contribution in [1.82, 2.24) is 10.2 Å². The summed E-state index contributed by atoms with van der Waals surface area (Å²) in [5.74, 6) is 1.74. The van der Waals surface area contributed by atoms with E-state index in [1.165, 1.54) is 5.57 Å². The molecule has 3 heterocycles. The van der Waals surface area contributed by atoms with Crippen molar-refractivity contribution in [3.63, 3.8) is 0 Å². The number of rotatable bonds is 3. The molecule has 0 saturated carbocycles. The number of amides is 1. The van der Waals surface area contributed by atoms with Crippen molar-refractivity contribution in [2.75, 3.05) is 46.6 Å². The molecule has 1 aromatic rings. The predicted molar refractivity (Wildman–Crippen MR) is 89.1 cm³/mol. The predicted octanol–water partition coefficient (Wildman–Crippen LogP) is 0.918. The van der Waals surface area contributed by atoms with Gasteiger partial charge < -0.3 is 19.5 Å². The van der Waals surface area contributed by atoms with E-state index >= 15 is 0 Å². The Bertz CT molecular complexity index is 673. The third-order valence-corrected chi connectivity index (χ3v) is 4.73. The van der Waals surface area contributed by atoms with Gasteiger partial charge in [0, 0.05) is 25.2 Å². The van der Waals surface area contributed by atoms with Crippen molar-refractivity contribution in [1.29, 1.82) is 0 Å². The molecular formula is C18H22N2O4. The van der Waals surface area contributed by atoms with Crippen molar-refractivity contribution in [2.45, 2.75) is 6.04 Å². The lowest BCUT2D eigenvalue weighted by atomic mass is 10.1. The summed E-state index contributed by atoms with van der Waals surface area (Å²) in [6, 6.07) is 5.91. The smallest absolute Gasteiger partial charge is 0.227 e. The number of carbonyl (C=O) groups is 1. The van der Waals surface area contributed by atoms with E-state index < -0.39 is 0 Å². The average molecular weight is 330 g/mol. The number of methoxy groups -OCH3 is 1. The quantitative estimate of drug-likeness (QED) is 0.893. The topological polar surface area (TPSA) is 60.0 Å². The van der Waals surface area contributed by atoms with Crippen LogP contribution in [-0.4, -0.2) is 63.4 Å². The van der Waals surface area contributed by atoms with Crippen molar-refractivity contribution < 1.29 is 19.0 Å². The fourth-order valence-electron chi connectivity index (χ4n) is 3.56. The zero-order valence-electron chi connectivity index (χ0n) is 13.8. The van der Waals surface area contributed by atoms with Crippen LogP contribution in [0.2, 0.25) is 0 Å². The van der Waals surface area contributed by atoms with Crippen LogP contribution in [0.4, 0.5) is 0 Å². The Kier molecular flexibility index (Phi) is 4.16. The molecule has 0 radical (unpaired) electrons. The monoisotopic (exact) mass is 330 g/mol. The van der Waals surface area contributed by atoms with Crippen molar-refractivity contribution in [2.24, 2.45) is 5.92 Å². The molecule has 2 atom stereocenters. The van der Waals surface area contributed by atoms with E-state index in [1.54, 1.807) is 7.11 Å². The van der Waals surface area contributed by atoms with E-state index in [-0.39, 0.29) is 17.9 Å². The molecule has 0 aliphatic carbocycles. The molecule has 128 valence electrons. The van der Waals surface area contributed by atoms with E-state index in [2.05, 4.69) is 16.3 Å². The fourth-order valence-corrected chi connectivity index (χ4v) is 3.56. The van der Waals surface area contributed by atoms with Crippen LogP contribution in [0, 0.1) is 5.92 Å². The maximum Gasteiger partial charge on any atom is 0.227 e. The number of ether oxygens (including phenoxy) is 3. The van der Waals surface area contributed by atoms with E-state index in [9.17, 15) is 4.79 Å². The summed E-state index contributed by atoms with van der Waals surface area (Å²) >= 11 is 0. The number of fused-ring (bicyclic) bond motifs is 4. The van der Waals surface area contributed by atoms with Crippen molar-refractivity contribution in [3.8, 4) is 11.5 Å². The van der Waals surface area contributed by atoms with Crippen LogP contribution in [-0.2, 0) is 9.53 Å². The second-order valence-electron chi connectivity index (χ2n) is 6.63. The third kappa shape index (κ3) is 3.12. The maximum atomic E-state index is 12.1. The Morgan fingerprint density at radius 3 is 3.12 bits per heavy atom. The van der Waals surface area contributed by atoms with Gasteiger partial charge in [-0.1, -0.05) is 0 Å². The van der Waals surface area contributed by atoms with Gasteiger partial charge in [0.05, 0.1) is 32.3 Å². The van der Waals surface area contributed by atoms with Crippen LogP contribution >= 0.6 is 0 Å². The van der Waals surface area contributed by atoms with Gasteiger partial charge >= 0.3 is 0 Å². The highest BCUT2D eigenvalue weighted by Gasteiger charge is 2.33. The van der Waals surface area contributed by atoms with Gasteiger partial charge in [-0.05, 0) is 29.8 Å². The molecule has 6 heteroatoms. The van der Waals surface area contributed by atoms with Gasteiger partial charge in [-0.15, -0.1) is 0 Å². The molecule has 0 aromatic heterocycles. The molecule has 1 N–H and O–H groups in total. The molecule has 4 rings (SSSR count). The normalized spacial score (nSPS) is 26.5. The zero-order valence-corrected chi connectivity index (χ0v) is 13.8. The number of nitrogens with zero attached hydrogens (tertiary/aromatic N) is 1. The minimum Gasteiger partial charge on any atom is -0.497 e. The molecule has 2 fully saturated rings. The van der Waals surface area contributed by atoms with Crippen LogP contribution < -0.4 is 14.8 Å². The highest BCUT2D eigenvalue weighted by Crippen LogP contribution is 2.30. The molecule has 3 aliphatic rings. The molecule has 1 aromatic carbocycles. The lowest BCUT2D eigenvalue weighted by Crippen LogP contribution is -2.43. The third-order valence-electron chi connectivity index (χ3n) is 4.73. The van der Waals surface area contributed by atoms with Crippen LogP contribution in [0.15, 0.2) is 23.8 Å². The van der Waals surface area contributed by atoms with Gasteiger partial charge in [-0.25, -0.2) is 0 Å². The first-order valence-electron chi connectivity index (χ1n) is 8.32. The summed E-state index contributed by atoms with van der Waals surface area (Å²) in [4.78, 5) is 14.4. The number of nitrogens with one attached hydrogen (secondary N) is 1. The molecular weight excluding hydrogens is 308 g/mol. The second-order valence-corrected chi connectivity index (χ2v) is 6.63. The standard InChI is InChI=1S/C18H22N2O4/c1-22-16-2-3-17-13(5-16)4-12(9-24-17)6-20-7-14-10-23-11-15(8-20)19-18(14)21/h2-5,14-15H,6-11H2,1H3,(H,19,21)/t14-,15+/m1/s1. The number of hydrogen-bond acceptors (Lipinski definition) is 5. The Hall–Kier alpha value is -2.05. The van der Waals surface area contributed by atoms with Crippen LogP contribution in [0.3, 0.4) is 0 Å². The summed E-state index contributed by atoms with van der Waals surface area (Å²) in [7, 11) is 1.66. The zero-order chi connectivity index (χ0) is 16.5. The molecule has 2 saturated heterocycles. The molecule has 3 aliphatic heterocycles. The highest BCUT2D eigenvalue weighted by molar-refractivity contribution is 5.80. The fraction of sp³-hybridized carbons (Fsp3) is 0.500. The van der Waals surface area contributed by atoms with Gasteiger partial charge in [0.2, 0.25) is 5.91 Å². The summed E-state index contributed by atoms with van der Waals surface area (Å²) in [6.45, 7) is 4.03. The first-order valence-corrected chi connectivity index (χ1v) is 8.32. The molecule has 1 amide bonds. The summed E-state index contributed by atoms with van der Waals surface area (Å²) < 4.78 is 16.7. The minimum atomic E-state index is -0.0880. The Morgan fingerprint density at radius 1 is 1.33 bits per heavy atom. The van der Waals surface area contributed by atoms with Crippen molar-refractivity contribution in [3.05, 3.63) is 29.3 Å². The van der Waals surface area contributed by atoms with Gasteiger partial charge in [-0.2, -0.15) is 0 Å². The van der Waals surface area contributed by atoms with Gasteiger partial charge in [0.1, 0.15) is 18.1 Å². The Morgan fingerprint density at radius 2 is 2.25 bits per heavy atom. The first-order chi connectivity index (χ1) is 11.7. The maximum absolute atomic E-state index is 12.1. The summed E-state index contributed by atoms with van der Waals surface area (Å²) in [6.07, 6.45) is 2.17. The van der Waals surface area contributed by atoms with Crippen LogP contribution in [0.1, 0.15) is 5.56 Å². The highest BCUT2D eigenvalue weighted by atomic mass is 16.5. The lowest BCUT2D eigenvalue weighted by molar-refractivity contribution is -0.125. The molecule has 2 bridgehead atoms. The Labute approximate surface area is 141 Å². The number of carbonyl (C=O) groups excluding carboxylic acids is 1.